The third-order valence-electron chi connectivity index (χ3n) is 6.52. The van der Waals surface area contributed by atoms with Crippen LogP contribution in [0.5, 0.6) is 5.75 Å². The second kappa shape index (κ2) is 6.78. The molecule has 150 valence electrons. The first-order chi connectivity index (χ1) is 13.7. The minimum Gasteiger partial charge on any atom is -0.489 e. The van der Waals surface area contributed by atoms with E-state index in [1.165, 1.54) is 0 Å². The summed E-state index contributed by atoms with van der Waals surface area (Å²) in [6.07, 6.45) is 0.787. The Kier molecular flexibility index (Phi) is 4.63. The summed E-state index contributed by atoms with van der Waals surface area (Å²) in [6, 6.07) is 15.2. The van der Waals surface area contributed by atoms with Crippen LogP contribution in [0.3, 0.4) is 0 Å². The molecule has 4 nitrogen and oxygen atoms in total. The molecule has 29 heavy (non-hydrogen) atoms. The predicted molar refractivity (Wildman–Crippen MR) is 113 cm³/mol. The van der Waals surface area contributed by atoms with Crippen LogP contribution in [0.25, 0.3) is 0 Å². The van der Waals surface area contributed by atoms with Gasteiger partial charge in [0.1, 0.15) is 17.9 Å². The van der Waals surface area contributed by atoms with Gasteiger partial charge in [-0.2, -0.15) is 5.26 Å². The molecule has 0 radical (unpaired) electrons. The van der Waals surface area contributed by atoms with E-state index in [0.29, 0.717) is 16.3 Å². The molecule has 0 saturated heterocycles. The number of nitrogens with zero attached hydrogens (tertiary/aromatic N) is 2. The average molecular weight is 409 g/mol. The van der Waals surface area contributed by atoms with Gasteiger partial charge in [0.15, 0.2) is 0 Å². The number of amides is 1. The molecular weight excluding hydrogens is 384 g/mol. The zero-order chi connectivity index (χ0) is 21.0. The van der Waals surface area contributed by atoms with E-state index in [4.69, 9.17) is 21.6 Å². The highest BCUT2D eigenvalue weighted by Crippen LogP contribution is 2.58. The lowest BCUT2D eigenvalue weighted by Gasteiger charge is -2.66. The van der Waals surface area contributed by atoms with Crippen LogP contribution in [0.15, 0.2) is 42.5 Å². The molecule has 1 aliphatic carbocycles. The van der Waals surface area contributed by atoms with Gasteiger partial charge in [0.2, 0.25) is 0 Å². The van der Waals surface area contributed by atoms with Crippen molar-refractivity contribution in [3.8, 4) is 11.8 Å². The topological polar surface area (TPSA) is 53.3 Å². The number of hydrogen-bond donors (Lipinski definition) is 0. The van der Waals surface area contributed by atoms with Gasteiger partial charge in [0, 0.05) is 35.0 Å². The number of carbonyl (C=O) groups is 1. The first-order valence-electron chi connectivity index (χ1n) is 9.93. The number of benzene rings is 2. The molecule has 5 heteroatoms. The lowest BCUT2D eigenvalue weighted by molar-refractivity contribution is -0.199. The molecule has 0 spiro atoms. The summed E-state index contributed by atoms with van der Waals surface area (Å²) in [6.45, 7) is 9.36. The molecule has 2 aromatic rings. The van der Waals surface area contributed by atoms with Crippen molar-refractivity contribution in [2.24, 2.45) is 10.8 Å². The second-order valence-corrected chi connectivity index (χ2v) is 9.61. The van der Waals surface area contributed by atoms with Crippen LogP contribution in [0.1, 0.15) is 49.2 Å². The summed E-state index contributed by atoms with van der Waals surface area (Å²) in [5.41, 5.74) is 1.91. The largest absolute Gasteiger partial charge is 0.489 e. The molecule has 4 rings (SSSR count). The fourth-order valence-corrected chi connectivity index (χ4v) is 5.91. The van der Waals surface area contributed by atoms with E-state index in [9.17, 15) is 4.79 Å². The predicted octanol–water partition coefficient (Wildman–Crippen LogP) is 5.09. The number of halogens is 1. The molecule has 0 N–H and O–H groups in total. The molecule has 0 atom stereocenters. The molecular formula is C24H25ClN2O2. The second-order valence-electron chi connectivity index (χ2n) is 9.20. The monoisotopic (exact) mass is 408 g/mol. The average Bonchev–Trinajstić information content (AvgIpc) is 2.68. The number of rotatable bonds is 3. The van der Waals surface area contributed by atoms with Crippen LogP contribution in [0.2, 0.25) is 5.02 Å². The maximum atomic E-state index is 13.2. The Morgan fingerprint density at radius 3 is 2.48 bits per heavy atom. The minimum atomic E-state index is -0.230. The Morgan fingerprint density at radius 1 is 1.14 bits per heavy atom. The van der Waals surface area contributed by atoms with Gasteiger partial charge in [0.25, 0.3) is 5.91 Å². The summed E-state index contributed by atoms with van der Waals surface area (Å²) in [5, 5.41) is 9.46. The van der Waals surface area contributed by atoms with Crippen molar-refractivity contribution in [2.45, 2.75) is 46.3 Å². The summed E-state index contributed by atoms with van der Waals surface area (Å²) in [4.78, 5) is 15.3. The summed E-state index contributed by atoms with van der Waals surface area (Å²) >= 11 is 6.18. The number of carbonyl (C=O) groups excluding carboxylic acids is 1. The summed E-state index contributed by atoms with van der Waals surface area (Å²) < 4.78 is 6.36. The van der Waals surface area contributed by atoms with Crippen molar-refractivity contribution in [1.82, 2.24) is 4.90 Å². The minimum absolute atomic E-state index is 0.0645. The van der Waals surface area contributed by atoms with Gasteiger partial charge in [-0.15, -0.1) is 0 Å². The van der Waals surface area contributed by atoms with Gasteiger partial charge in [-0.3, -0.25) is 4.79 Å². The lowest BCUT2D eigenvalue weighted by atomic mass is 9.48. The van der Waals surface area contributed by atoms with Crippen molar-refractivity contribution in [3.05, 3.63) is 64.2 Å². The number of hydrogen-bond acceptors (Lipinski definition) is 3. The Hall–Kier alpha value is -2.51. The summed E-state index contributed by atoms with van der Waals surface area (Å²) in [5.74, 6) is 0.756. The normalized spacial score (nSPS) is 24.3. The standard InChI is InChI=1S/C24H25ClN2O2/c1-23(2)21(27-12-11-15-7-5-6-8-18(15)20(27)28)24(3,4)22(23)29-17-10-9-16(14-26)19(25)13-17/h5-10,13,21-22H,11-12H2,1-4H3. The van der Waals surface area contributed by atoms with Crippen LogP contribution in [-0.2, 0) is 6.42 Å². The van der Waals surface area contributed by atoms with Gasteiger partial charge in [-0.1, -0.05) is 57.5 Å². The van der Waals surface area contributed by atoms with Gasteiger partial charge in [0.05, 0.1) is 10.6 Å². The first kappa shape index (κ1) is 19.8. The molecule has 1 aliphatic heterocycles. The molecule has 0 unspecified atom stereocenters. The van der Waals surface area contributed by atoms with E-state index in [-0.39, 0.29) is 28.9 Å². The molecule has 0 bridgehead atoms. The molecule has 1 saturated carbocycles. The Bertz CT molecular complexity index is 1010. The van der Waals surface area contributed by atoms with Gasteiger partial charge in [-0.05, 0) is 30.2 Å². The van der Waals surface area contributed by atoms with Crippen LogP contribution in [-0.4, -0.2) is 29.5 Å². The molecule has 1 fully saturated rings. The van der Waals surface area contributed by atoms with Crippen LogP contribution in [0.4, 0.5) is 0 Å². The van der Waals surface area contributed by atoms with E-state index < -0.39 is 0 Å². The Morgan fingerprint density at radius 2 is 1.83 bits per heavy atom. The Labute approximate surface area is 177 Å². The highest BCUT2D eigenvalue weighted by atomic mass is 35.5. The van der Waals surface area contributed by atoms with Crippen LogP contribution >= 0.6 is 11.6 Å². The quantitative estimate of drug-likeness (QED) is 0.710. The van der Waals surface area contributed by atoms with Crippen molar-refractivity contribution >= 4 is 17.5 Å². The highest BCUT2D eigenvalue weighted by molar-refractivity contribution is 6.31. The molecule has 0 aromatic heterocycles. The van der Waals surface area contributed by atoms with Gasteiger partial charge < -0.3 is 9.64 Å². The zero-order valence-electron chi connectivity index (χ0n) is 17.2. The van der Waals surface area contributed by atoms with E-state index in [2.05, 4.69) is 33.8 Å². The number of fused-ring (bicyclic) bond motifs is 1. The van der Waals surface area contributed by atoms with E-state index in [1.807, 2.05) is 29.2 Å². The van der Waals surface area contributed by atoms with Crippen molar-refractivity contribution in [1.29, 1.82) is 5.26 Å². The highest BCUT2D eigenvalue weighted by Gasteiger charge is 2.66. The van der Waals surface area contributed by atoms with Gasteiger partial charge in [-0.25, -0.2) is 0 Å². The number of nitriles is 1. The number of ether oxygens (including phenoxy) is 1. The fraction of sp³-hybridized carbons (Fsp3) is 0.417. The first-order valence-corrected chi connectivity index (χ1v) is 10.3. The third-order valence-corrected chi connectivity index (χ3v) is 6.83. The summed E-state index contributed by atoms with van der Waals surface area (Å²) in [7, 11) is 0. The van der Waals surface area contributed by atoms with E-state index in [0.717, 1.165) is 24.1 Å². The van der Waals surface area contributed by atoms with E-state index in [1.54, 1.807) is 18.2 Å². The van der Waals surface area contributed by atoms with Crippen LogP contribution in [0, 0.1) is 22.2 Å². The van der Waals surface area contributed by atoms with E-state index >= 15 is 0 Å². The Balaban J connectivity index is 1.60. The van der Waals surface area contributed by atoms with Crippen molar-refractivity contribution < 1.29 is 9.53 Å². The van der Waals surface area contributed by atoms with Crippen LogP contribution < -0.4 is 4.74 Å². The van der Waals surface area contributed by atoms with Gasteiger partial charge >= 0.3 is 0 Å². The molecule has 1 heterocycles. The maximum absolute atomic E-state index is 13.2. The molecule has 2 aliphatic rings. The SMILES string of the molecule is CC1(C)C(Oc2ccc(C#N)c(Cl)c2)C(C)(C)C1N1CCc2ccccc2C1=O. The zero-order valence-corrected chi connectivity index (χ0v) is 18.0. The smallest absolute Gasteiger partial charge is 0.254 e. The third kappa shape index (κ3) is 3.00. The maximum Gasteiger partial charge on any atom is 0.254 e. The van der Waals surface area contributed by atoms with Crippen molar-refractivity contribution in [2.75, 3.05) is 6.54 Å². The fourth-order valence-electron chi connectivity index (χ4n) is 5.70. The van der Waals surface area contributed by atoms with Crippen molar-refractivity contribution in [3.63, 3.8) is 0 Å². The molecule has 1 amide bonds. The molecule has 2 aromatic carbocycles. The lowest BCUT2D eigenvalue weighted by Crippen LogP contribution is -2.75.